The molecule has 0 aliphatic carbocycles. The number of nitrogens with zero attached hydrogens (tertiary/aromatic N) is 3. The second kappa shape index (κ2) is 6.75. The highest BCUT2D eigenvalue weighted by Gasteiger charge is 2.21. The Morgan fingerprint density at radius 1 is 1.12 bits per heavy atom. The van der Waals surface area contributed by atoms with Crippen molar-refractivity contribution in [3.63, 3.8) is 0 Å². The maximum Gasteiger partial charge on any atom is 0.253 e. The summed E-state index contributed by atoms with van der Waals surface area (Å²) in [5, 5.41) is 6.07. The number of hydrogen-bond acceptors (Lipinski definition) is 5. The van der Waals surface area contributed by atoms with Crippen molar-refractivity contribution in [2.24, 2.45) is 5.10 Å². The minimum absolute atomic E-state index is 0.0326. The summed E-state index contributed by atoms with van der Waals surface area (Å²) in [5.41, 5.74) is 3.06. The monoisotopic (exact) mass is 353 g/mol. The Bertz CT molecular complexity index is 872. The van der Waals surface area contributed by atoms with Gasteiger partial charge in [-0.2, -0.15) is 5.10 Å². The number of fused-ring (bicyclic) bond motifs is 1. The van der Waals surface area contributed by atoms with E-state index in [1.54, 1.807) is 16.3 Å². The van der Waals surface area contributed by atoms with Gasteiger partial charge in [-0.3, -0.25) is 4.79 Å². The molecule has 0 unspecified atom stereocenters. The van der Waals surface area contributed by atoms with Crippen LogP contribution >= 0.6 is 23.1 Å². The van der Waals surface area contributed by atoms with Gasteiger partial charge in [0.15, 0.2) is 4.34 Å². The fourth-order valence-corrected chi connectivity index (χ4v) is 4.52. The number of benzene rings is 2. The van der Waals surface area contributed by atoms with Crippen molar-refractivity contribution < 1.29 is 4.79 Å². The summed E-state index contributed by atoms with van der Waals surface area (Å²) in [6.45, 7) is 0.656. The fraction of sp³-hybridized carbons (Fsp3) is 0.167. The number of carbonyl (C=O) groups excluding carboxylic acids is 1. The standard InChI is InChI=1S/C18H15N3OS2/c22-17(12-23-18-19-15-8-4-5-9-16(15)24-18)21-11-10-14(20-21)13-6-2-1-3-7-13/h1-9H,10-12H2. The number of thiazole rings is 1. The van der Waals surface area contributed by atoms with Gasteiger partial charge in [0, 0.05) is 6.42 Å². The molecule has 0 fully saturated rings. The van der Waals surface area contributed by atoms with E-state index in [9.17, 15) is 4.79 Å². The van der Waals surface area contributed by atoms with Crippen LogP contribution in [0.25, 0.3) is 10.2 Å². The second-order valence-electron chi connectivity index (χ2n) is 5.42. The fourth-order valence-electron chi connectivity index (χ4n) is 2.58. The molecule has 3 aromatic rings. The van der Waals surface area contributed by atoms with E-state index in [0.717, 1.165) is 32.3 Å². The first-order chi connectivity index (χ1) is 11.8. The van der Waals surface area contributed by atoms with E-state index in [1.165, 1.54) is 11.8 Å². The maximum absolute atomic E-state index is 12.4. The predicted octanol–water partition coefficient (Wildman–Crippen LogP) is 4.03. The molecule has 4 rings (SSSR count). The lowest BCUT2D eigenvalue weighted by atomic mass is 10.1. The van der Waals surface area contributed by atoms with Crippen LogP contribution in [0.4, 0.5) is 0 Å². The van der Waals surface area contributed by atoms with Crippen LogP contribution in [0, 0.1) is 0 Å². The summed E-state index contributed by atoms with van der Waals surface area (Å²) in [4.78, 5) is 16.9. The Labute approximate surface area is 148 Å². The molecule has 2 aromatic carbocycles. The third kappa shape index (κ3) is 3.20. The van der Waals surface area contributed by atoms with E-state index >= 15 is 0 Å². The van der Waals surface area contributed by atoms with Gasteiger partial charge in [-0.1, -0.05) is 54.2 Å². The molecule has 1 amide bonds. The van der Waals surface area contributed by atoms with Gasteiger partial charge in [-0.15, -0.1) is 11.3 Å². The van der Waals surface area contributed by atoms with Gasteiger partial charge in [-0.05, 0) is 17.7 Å². The van der Waals surface area contributed by atoms with Crippen LogP contribution in [0.1, 0.15) is 12.0 Å². The Balaban J connectivity index is 1.40. The Kier molecular flexibility index (Phi) is 4.32. The molecule has 0 atom stereocenters. The smallest absolute Gasteiger partial charge is 0.253 e. The predicted molar refractivity (Wildman–Crippen MR) is 99.7 cm³/mol. The number of hydrazone groups is 1. The minimum Gasteiger partial charge on any atom is -0.272 e. The highest BCUT2D eigenvalue weighted by atomic mass is 32.2. The third-order valence-electron chi connectivity index (χ3n) is 3.79. The molecule has 1 aliphatic heterocycles. The zero-order valence-corrected chi connectivity index (χ0v) is 14.5. The number of hydrogen-bond donors (Lipinski definition) is 0. The summed E-state index contributed by atoms with van der Waals surface area (Å²) < 4.78 is 2.08. The quantitative estimate of drug-likeness (QED) is 0.665. The first kappa shape index (κ1) is 15.4. The minimum atomic E-state index is 0.0326. The van der Waals surface area contributed by atoms with E-state index in [0.29, 0.717) is 12.3 Å². The molecule has 0 saturated heterocycles. The number of amides is 1. The molecule has 1 aliphatic rings. The molecule has 0 spiro atoms. The van der Waals surface area contributed by atoms with Gasteiger partial charge in [-0.25, -0.2) is 9.99 Å². The summed E-state index contributed by atoms with van der Waals surface area (Å²) in [5.74, 6) is 0.399. The average Bonchev–Trinajstić information content (AvgIpc) is 3.27. The van der Waals surface area contributed by atoms with Crippen LogP contribution < -0.4 is 0 Å². The molecule has 0 bridgehead atoms. The molecule has 120 valence electrons. The number of rotatable bonds is 4. The summed E-state index contributed by atoms with van der Waals surface area (Å²) >= 11 is 3.11. The van der Waals surface area contributed by atoms with Gasteiger partial charge >= 0.3 is 0 Å². The molecular weight excluding hydrogens is 338 g/mol. The topological polar surface area (TPSA) is 45.6 Å². The first-order valence-electron chi connectivity index (χ1n) is 7.71. The van der Waals surface area contributed by atoms with Crippen LogP contribution in [0.15, 0.2) is 64.0 Å². The van der Waals surface area contributed by atoms with Gasteiger partial charge < -0.3 is 0 Å². The van der Waals surface area contributed by atoms with Crippen molar-refractivity contribution in [1.29, 1.82) is 0 Å². The van der Waals surface area contributed by atoms with E-state index in [1.807, 2.05) is 48.5 Å². The zero-order chi connectivity index (χ0) is 16.4. The van der Waals surface area contributed by atoms with Crippen LogP contribution in [0.5, 0.6) is 0 Å². The van der Waals surface area contributed by atoms with Gasteiger partial charge in [0.1, 0.15) is 0 Å². The SMILES string of the molecule is O=C(CSc1nc2ccccc2s1)N1CCC(c2ccccc2)=N1. The van der Waals surface area contributed by atoms with E-state index in [-0.39, 0.29) is 5.91 Å². The normalized spacial score (nSPS) is 14.2. The third-order valence-corrected chi connectivity index (χ3v) is 5.95. The highest BCUT2D eigenvalue weighted by Crippen LogP contribution is 2.29. The number of aromatic nitrogens is 1. The van der Waals surface area contributed by atoms with Crippen molar-refractivity contribution in [1.82, 2.24) is 9.99 Å². The lowest BCUT2D eigenvalue weighted by Gasteiger charge is -2.09. The van der Waals surface area contributed by atoms with Crippen LogP contribution in [-0.2, 0) is 4.79 Å². The van der Waals surface area contributed by atoms with Crippen LogP contribution in [0.2, 0.25) is 0 Å². The van der Waals surface area contributed by atoms with Crippen molar-refractivity contribution in [2.75, 3.05) is 12.3 Å². The number of carbonyl (C=O) groups is 1. The summed E-state index contributed by atoms with van der Waals surface area (Å²) in [7, 11) is 0. The van der Waals surface area contributed by atoms with Gasteiger partial charge in [0.05, 0.1) is 28.2 Å². The maximum atomic E-state index is 12.4. The van der Waals surface area contributed by atoms with Crippen LogP contribution in [0.3, 0.4) is 0 Å². The molecule has 24 heavy (non-hydrogen) atoms. The molecule has 6 heteroatoms. The lowest BCUT2D eigenvalue weighted by Crippen LogP contribution is -2.25. The molecule has 0 radical (unpaired) electrons. The van der Waals surface area contributed by atoms with Crippen molar-refractivity contribution in [2.45, 2.75) is 10.8 Å². The van der Waals surface area contributed by atoms with Crippen LogP contribution in [-0.4, -0.2) is 33.9 Å². The van der Waals surface area contributed by atoms with Crippen molar-refractivity contribution >= 4 is 44.9 Å². The Morgan fingerprint density at radius 2 is 1.92 bits per heavy atom. The molecule has 4 nitrogen and oxygen atoms in total. The molecule has 2 heterocycles. The Hall–Kier alpha value is -2.18. The first-order valence-corrected chi connectivity index (χ1v) is 9.51. The lowest BCUT2D eigenvalue weighted by molar-refractivity contribution is -0.127. The van der Waals surface area contributed by atoms with Gasteiger partial charge in [0.2, 0.25) is 0 Å². The highest BCUT2D eigenvalue weighted by molar-refractivity contribution is 8.01. The average molecular weight is 353 g/mol. The Morgan fingerprint density at radius 3 is 2.75 bits per heavy atom. The zero-order valence-electron chi connectivity index (χ0n) is 12.9. The summed E-state index contributed by atoms with van der Waals surface area (Å²) in [6, 6.07) is 18.1. The van der Waals surface area contributed by atoms with Gasteiger partial charge in [0.25, 0.3) is 5.91 Å². The summed E-state index contributed by atoms with van der Waals surface area (Å²) in [6.07, 6.45) is 0.807. The molecule has 0 saturated carbocycles. The van der Waals surface area contributed by atoms with E-state index < -0.39 is 0 Å². The van der Waals surface area contributed by atoms with Crippen molar-refractivity contribution in [3.8, 4) is 0 Å². The van der Waals surface area contributed by atoms with E-state index in [4.69, 9.17) is 0 Å². The number of para-hydroxylation sites is 1. The second-order valence-corrected chi connectivity index (χ2v) is 7.67. The molecular formula is C18H15N3OS2. The van der Waals surface area contributed by atoms with Crippen molar-refractivity contribution in [3.05, 3.63) is 60.2 Å². The number of thioether (sulfide) groups is 1. The largest absolute Gasteiger partial charge is 0.272 e. The molecule has 1 aromatic heterocycles. The molecule has 0 N–H and O–H groups in total. The van der Waals surface area contributed by atoms with E-state index in [2.05, 4.69) is 16.2 Å².